The number of hydrogen-bond donors (Lipinski definition) is 1. The third kappa shape index (κ3) is 4.96. The molecule has 0 aromatic heterocycles. The Morgan fingerprint density at radius 3 is 2.50 bits per heavy atom. The number of nitrogens with one attached hydrogen (secondary N) is 1. The van der Waals surface area contributed by atoms with Crippen molar-refractivity contribution in [2.24, 2.45) is 0 Å². The molecule has 18 heavy (non-hydrogen) atoms. The van der Waals surface area contributed by atoms with E-state index in [1.807, 2.05) is 6.07 Å². The van der Waals surface area contributed by atoms with E-state index in [1.165, 1.54) is 6.92 Å². The molecule has 0 heterocycles. The Labute approximate surface area is 106 Å². The molecule has 1 aromatic carbocycles. The second kappa shape index (κ2) is 6.88. The van der Waals surface area contributed by atoms with Crippen molar-refractivity contribution < 1.29 is 9.59 Å². The van der Waals surface area contributed by atoms with Crippen molar-refractivity contribution in [1.82, 2.24) is 0 Å². The molecule has 0 aliphatic heterocycles. The minimum absolute atomic E-state index is 0.121. The summed E-state index contributed by atoms with van der Waals surface area (Å²) in [5.41, 5.74) is 1.39. The molecule has 90 valence electrons. The first-order chi connectivity index (χ1) is 8.61. The average molecular weight is 240 g/mol. The number of nitriles is 1. The highest BCUT2D eigenvalue weighted by Crippen LogP contribution is 2.09. The van der Waals surface area contributed by atoms with Crippen LogP contribution in [0.15, 0.2) is 24.3 Å². The Bertz CT molecular complexity index is 542. The smallest absolute Gasteiger partial charge is 0.231 e. The van der Waals surface area contributed by atoms with Gasteiger partial charge in [0.05, 0.1) is 18.9 Å². The summed E-state index contributed by atoms with van der Waals surface area (Å²) in [5, 5.41) is 10.9. The lowest BCUT2D eigenvalue weighted by Gasteiger charge is -2.03. The first kappa shape index (κ1) is 13.5. The SMILES string of the molecule is CC(=O)CC(=O)Nc1ccc(C#CCC#N)cc1. The van der Waals surface area contributed by atoms with Crippen molar-refractivity contribution in [3.63, 3.8) is 0 Å². The fourth-order valence-corrected chi connectivity index (χ4v) is 1.25. The number of carbonyl (C=O) groups is 2. The number of hydrogen-bond acceptors (Lipinski definition) is 3. The Hall–Kier alpha value is -2.59. The van der Waals surface area contributed by atoms with Gasteiger partial charge >= 0.3 is 0 Å². The van der Waals surface area contributed by atoms with Gasteiger partial charge < -0.3 is 5.32 Å². The number of ketones is 1. The number of carbonyl (C=O) groups excluding carboxylic acids is 2. The van der Waals surface area contributed by atoms with Gasteiger partial charge in [-0.15, -0.1) is 0 Å². The molecule has 0 radical (unpaired) electrons. The van der Waals surface area contributed by atoms with E-state index in [9.17, 15) is 9.59 Å². The maximum atomic E-state index is 11.3. The normalized spacial score (nSPS) is 8.67. The topological polar surface area (TPSA) is 70.0 Å². The lowest BCUT2D eigenvalue weighted by Crippen LogP contribution is -2.14. The summed E-state index contributed by atoms with van der Waals surface area (Å²) < 4.78 is 0. The molecule has 0 aliphatic carbocycles. The first-order valence-corrected chi connectivity index (χ1v) is 5.37. The van der Waals surface area contributed by atoms with E-state index in [2.05, 4.69) is 17.2 Å². The molecular weight excluding hydrogens is 228 g/mol. The van der Waals surface area contributed by atoms with Crippen molar-refractivity contribution >= 4 is 17.4 Å². The highest BCUT2D eigenvalue weighted by atomic mass is 16.2. The molecule has 4 nitrogen and oxygen atoms in total. The van der Waals surface area contributed by atoms with Gasteiger partial charge in [-0.3, -0.25) is 9.59 Å². The van der Waals surface area contributed by atoms with Crippen molar-refractivity contribution in [1.29, 1.82) is 5.26 Å². The summed E-state index contributed by atoms with van der Waals surface area (Å²) in [5.74, 6) is 5.01. The van der Waals surface area contributed by atoms with Gasteiger partial charge in [0.2, 0.25) is 5.91 Å². The molecule has 1 amide bonds. The van der Waals surface area contributed by atoms with Crippen molar-refractivity contribution in [2.75, 3.05) is 5.32 Å². The van der Waals surface area contributed by atoms with Crippen LogP contribution >= 0.6 is 0 Å². The van der Waals surface area contributed by atoms with Crippen LogP contribution in [0.3, 0.4) is 0 Å². The third-order valence-corrected chi connectivity index (χ3v) is 1.98. The summed E-state index contributed by atoms with van der Waals surface area (Å²) in [4.78, 5) is 22.1. The third-order valence-electron chi connectivity index (χ3n) is 1.98. The molecule has 0 saturated carbocycles. The molecule has 1 rings (SSSR count). The number of amides is 1. The van der Waals surface area contributed by atoms with E-state index >= 15 is 0 Å². The summed E-state index contributed by atoms with van der Waals surface area (Å²) in [6.07, 6.45) is 0.0703. The molecule has 1 aromatic rings. The number of Topliss-reactive ketones (excluding diaryl/α,β-unsaturated/α-hetero) is 1. The van der Waals surface area contributed by atoms with E-state index in [1.54, 1.807) is 24.3 Å². The lowest BCUT2D eigenvalue weighted by molar-refractivity contribution is -0.124. The lowest BCUT2D eigenvalue weighted by atomic mass is 10.2. The molecule has 0 spiro atoms. The van der Waals surface area contributed by atoms with Gasteiger partial charge in [-0.05, 0) is 31.2 Å². The van der Waals surface area contributed by atoms with Crippen LogP contribution in [-0.2, 0) is 9.59 Å². The second-order valence-corrected chi connectivity index (χ2v) is 3.64. The van der Waals surface area contributed by atoms with E-state index in [-0.39, 0.29) is 24.5 Å². The molecular formula is C14H12N2O2. The van der Waals surface area contributed by atoms with Crippen LogP contribution in [0.5, 0.6) is 0 Å². The number of rotatable bonds is 3. The van der Waals surface area contributed by atoms with Crippen LogP contribution < -0.4 is 5.32 Å². The summed E-state index contributed by atoms with van der Waals surface area (Å²) in [6.45, 7) is 1.37. The fourth-order valence-electron chi connectivity index (χ4n) is 1.25. The van der Waals surface area contributed by atoms with E-state index in [0.29, 0.717) is 5.69 Å². The monoisotopic (exact) mass is 240 g/mol. The second-order valence-electron chi connectivity index (χ2n) is 3.64. The van der Waals surface area contributed by atoms with Crippen LogP contribution in [0.2, 0.25) is 0 Å². The minimum Gasteiger partial charge on any atom is -0.326 e. The molecule has 0 aliphatic rings. The van der Waals surface area contributed by atoms with Gasteiger partial charge in [-0.2, -0.15) is 5.26 Å². The standard InChI is InChI=1S/C14H12N2O2/c1-11(17)10-14(18)16-13-7-5-12(6-8-13)4-2-3-9-15/h5-8H,3,10H2,1H3,(H,16,18). The Morgan fingerprint density at radius 2 is 1.94 bits per heavy atom. The number of benzene rings is 1. The summed E-state index contributed by atoms with van der Waals surface area (Å²) in [6, 6.07) is 8.82. The highest BCUT2D eigenvalue weighted by Gasteiger charge is 2.04. The van der Waals surface area contributed by atoms with Gasteiger partial charge in [0.15, 0.2) is 0 Å². The zero-order valence-electron chi connectivity index (χ0n) is 9.99. The molecule has 0 unspecified atom stereocenters. The first-order valence-electron chi connectivity index (χ1n) is 5.37. The zero-order chi connectivity index (χ0) is 13.4. The van der Waals surface area contributed by atoms with Gasteiger partial charge in [-0.1, -0.05) is 11.8 Å². The predicted molar refractivity (Wildman–Crippen MR) is 67.5 cm³/mol. The van der Waals surface area contributed by atoms with Crippen molar-refractivity contribution in [3.8, 4) is 17.9 Å². The van der Waals surface area contributed by atoms with Gasteiger partial charge in [0.1, 0.15) is 5.78 Å². The van der Waals surface area contributed by atoms with Gasteiger partial charge in [-0.25, -0.2) is 0 Å². The van der Waals surface area contributed by atoms with Crippen molar-refractivity contribution in [2.45, 2.75) is 19.8 Å². The maximum Gasteiger partial charge on any atom is 0.231 e. The van der Waals surface area contributed by atoms with Gasteiger partial charge in [0.25, 0.3) is 0 Å². The molecule has 4 heteroatoms. The summed E-state index contributed by atoms with van der Waals surface area (Å²) >= 11 is 0. The molecule has 0 saturated heterocycles. The number of anilines is 1. The van der Waals surface area contributed by atoms with Crippen LogP contribution in [0.25, 0.3) is 0 Å². The van der Waals surface area contributed by atoms with E-state index in [0.717, 1.165) is 5.56 Å². The van der Waals surface area contributed by atoms with Crippen molar-refractivity contribution in [3.05, 3.63) is 29.8 Å². The summed E-state index contributed by atoms with van der Waals surface area (Å²) in [7, 11) is 0. The highest BCUT2D eigenvalue weighted by molar-refractivity contribution is 6.03. The largest absolute Gasteiger partial charge is 0.326 e. The maximum absolute atomic E-state index is 11.3. The Kier molecular flexibility index (Phi) is 5.15. The molecule has 0 fully saturated rings. The van der Waals surface area contributed by atoms with E-state index in [4.69, 9.17) is 5.26 Å². The van der Waals surface area contributed by atoms with Crippen LogP contribution in [0.4, 0.5) is 5.69 Å². The Morgan fingerprint density at radius 1 is 1.28 bits per heavy atom. The average Bonchev–Trinajstić information content (AvgIpc) is 2.30. The zero-order valence-corrected chi connectivity index (χ0v) is 9.99. The molecule has 1 N–H and O–H groups in total. The van der Waals surface area contributed by atoms with Crippen LogP contribution in [0, 0.1) is 23.2 Å². The number of nitrogens with zero attached hydrogens (tertiary/aromatic N) is 1. The van der Waals surface area contributed by atoms with Crippen LogP contribution in [0.1, 0.15) is 25.3 Å². The predicted octanol–water partition coefficient (Wildman–Crippen LogP) is 1.87. The molecule has 0 atom stereocenters. The fraction of sp³-hybridized carbons (Fsp3) is 0.214. The molecule has 0 bridgehead atoms. The minimum atomic E-state index is -0.328. The van der Waals surface area contributed by atoms with Crippen LogP contribution in [-0.4, -0.2) is 11.7 Å². The van der Waals surface area contributed by atoms with Gasteiger partial charge in [0, 0.05) is 11.3 Å². The van der Waals surface area contributed by atoms with E-state index < -0.39 is 0 Å². The Balaban J connectivity index is 2.62. The quantitative estimate of drug-likeness (QED) is 0.647.